The smallest absolute Gasteiger partial charge is 0.328 e. The molecule has 1 aromatic rings. The first-order valence-corrected chi connectivity index (χ1v) is 9.45. The number of ether oxygens (including phenoxy) is 1. The van der Waals surface area contributed by atoms with Gasteiger partial charge in [-0.2, -0.15) is 0 Å². The van der Waals surface area contributed by atoms with Gasteiger partial charge in [0, 0.05) is 11.6 Å². The molecule has 1 aromatic carbocycles. The summed E-state index contributed by atoms with van der Waals surface area (Å²) in [6.45, 7) is 11.0. The van der Waals surface area contributed by atoms with Crippen molar-refractivity contribution in [3.05, 3.63) is 35.4 Å². The number of rotatable bonds is 6. The number of amides is 2. The summed E-state index contributed by atoms with van der Waals surface area (Å²) in [7, 11) is 1.27. The maximum Gasteiger partial charge on any atom is 0.328 e. The first kappa shape index (κ1) is 21.9. The Kier molecular flexibility index (Phi) is 5.90. The van der Waals surface area contributed by atoms with E-state index in [0.717, 1.165) is 0 Å². The second kappa shape index (κ2) is 7.54. The van der Waals surface area contributed by atoms with Gasteiger partial charge in [-0.25, -0.2) is 4.79 Å². The second-order valence-electron chi connectivity index (χ2n) is 8.34. The van der Waals surface area contributed by atoms with Crippen LogP contribution in [0.1, 0.15) is 57.5 Å². The van der Waals surface area contributed by atoms with Crippen LogP contribution in [0.5, 0.6) is 0 Å². The third-order valence-corrected chi connectivity index (χ3v) is 5.48. The van der Waals surface area contributed by atoms with Crippen molar-refractivity contribution in [1.29, 1.82) is 0 Å². The van der Waals surface area contributed by atoms with E-state index in [1.165, 1.54) is 13.2 Å². The standard InChI is InChI=1S/C21H30N2O5/c1-12(2)16(18(25)28-7)22-17(24)14-9-8-10-15(11-14)21(27)19(26)23(13(3)4)20(21,5)6/h8-13,16,27H,1-7H3,(H,22,24)/t16-,21?/m0/s1. The zero-order chi connectivity index (χ0) is 21.4. The zero-order valence-corrected chi connectivity index (χ0v) is 17.6. The number of carbonyl (C=O) groups is 3. The topological polar surface area (TPSA) is 95.9 Å². The summed E-state index contributed by atoms with van der Waals surface area (Å²) in [5.74, 6) is -1.55. The molecule has 1 aliphatic heterocycles. The lowest BCUT2D eigenvalue weighted by molar-refractivity contribution is -0.221. The molecule has 2 amide bonds. The Balaban J connectivity index is 2.33. The SMILES string of the molecule is COC(=O)[C@@H](NC(=O)c1cccc(C2(O)C(=O)N(C(C)C)C2(C)C)c1)C(C)C. The number of nitrogens with zero attached hydrogens (tertiary/aromatic N) is 1. The summed E-state index contributed by atoms with van der Waals surface area (Å²) >= 11 is 0. The van der Waals surface area contributed by atoms with E-state index in [1.807, 2.05) is 13.8 Å². The molecule has 1 aliphatic rings. The van der Waals surface area contributed by atoms with Gasteiger partial charge in [0.05, 0.1) is 12.6 Å². The summed E-state index contributed by atoms with van der Waals surface area (Å²) < 4.78 is 4.75. The lowest BCUT2D eigenvalue weighted by Gasteiger charge is -2.61. The van der Waals surface area contributed by atoms with Gasteiger partial charge in [0.25, 0.3) is 11.8 Å². The molecule has 1 saturated heterocycles. The number of nitrogens with one attached hydrogen (secondary N) is 1. The Bertz CT molecular complexity index is 787. The molecule has 1 fully saturated rings. The highest BCUT2D eigenvalue weighted by molar-refractivity contribution is 5.99. The summed E-state index contributed by atoms with van der Waals surface area (Å²) in [5, 5.41) is 13.9. The maximum atomic E-state index is 12.7. The Morgan fingerprint density at radius 3 is 2.25 bits per heavy atom. The number of benzene rings is 1. The third kappa shape index (κ3) is 3.28. The van der Waals surface area contributed by atoms with Gasteiger partial charge < -0.3 is 20.1 Å². The van der Waals surface area contributed by atoms with E-state index >= 15 is 0 Å². The highest BCUT2D eigenvalue weighted by Gasteiger charge is 2.67. The molecule has 0 bridgehead atoms. The fourth-order valence-electron chi connectivity index (χ4n) is 3.90. The molecule has 7 heteroatoms. The summed E-state index contributed by atoms with van der Waals surface area (Å²) in [5.41, 5.74) is -1.93. The van der Waals surface area contributed by atoms with Crippen LogP contribution in [0.2, 0.25) is 0 Å². The van der Waals surface area contributed by atoms with Gasteiger partial charge in [-0.05, 0) is 51.3 Å². The van der Waals surface area contributed by atoms with Crippen molar-refractivity contribution in [2.45, 2.75) is 64.8 Å². The van der Waals surface area contributed by atoms with Crippen molar-refractivity contribution in [3.63, 3.8) is 0 Å². The second-order valence-corrected chi connectivity index (χ2v) is 8.34. The van der Waals surface area contributed by atoms with Gasteiger partial charge in [0.2, 0.25) is 0 Å². The predicted molar refractivity (Wildman–Crippen MR) is 105 cm³/mol. The molecule has 0 aliphatic carbocycles. The first-order valence-electron chi connectivity index (χ1n) is 9.45. The van der Waals surface area contributed by atoms with E-state index in [1.54, 1.807) is 50.8 Å². The Hall–Kier alpha value is -2.41. The van der Waals surface area contributed by atoms with Crippen LogP contribution in [-0.2, 0) is 19.9 Å². The average Bonchev–Trinajstić information content (AvgIpc) is 2.63. The minimum absolute atomic E-state index is 0.0545. The van der Waals surface area contributed by atoms with Gasteiger partial charge in [0.1, 0.15) is 6.04 Å². The normalized spacial score (nSPS) is 22.1. The van der Waals surface area contributed by atoms with Gasteiger partial charge >= 0.3 is 5.97 Å². The van der Waals surface area contributed by atoms with Crippen molar-refractivity contribution < 1.29 is 24.2 Å². The van der Waals surface area contributed by atoms with Crippen LogP contribution < -0.4 is 5.32 Å². The van der Waals surface area contributed by atoms with E-state index in [0.29, 0.717) is 5.56 Å². The Morgan fingerprint density at radius 2 is 1.79 bits per heavy atom. The largest absolute Gasteiger partial charge is 0.467 e. The van der Waals surface area contributed by atoms with E-state index in [-0.39, 0.29) is 23.4 Å². The molecule has 0 aromatic heterocycles. The quantitative estimate of drug-likeness (QED) is 0.571. The lowest BCUT2D eigenvalue weighted by atomic mass is 9.66. The lowest BCUT2D eigenvalue weighted by Crippen LogP contribution is -2.79. The van der Waals surface area contributed by atoms with Gasteiger partial charge in [-0.15, -0.1) is 0 Å². The fourth-order valence-corrected chi connectivity index (χ4v) is 3.90. The molecule has 154 valence electrons. The summed E-state index contributed by atoms with van der Waals surface area (Å²) in [6.07, 6.45) is 0. The molecule has 2 rings (SSSR count). The molecule has 2 atom stereocenters. The number of methoxy groups -OCH3 is 1. The minimum atomic E-state index is -1.71. The highest BCUT2D eigenvalue weighted by atomic mass is 16.5. The van der Waals surface area contributed by atoms with E-state index < -0.39 is 29.1 Å². The van der Waals surface area contributed by atoms with Crippen molar-refractivity contribution >= 4 is 17.8 Å². The van der Waals surface area contributed by atoms with Crippen molar-refractivity contribution in [2.24, 2.45) is 5.92 Å². The molecular formula is C21H30N2O5. The van der Waals surface area contributed by atoms with E-state index in [2.05, 4.69) is 5.32 Å². The van der Waals surface area contributed by atoms with Crippen molar-refractivity contribution in [3.8, 4) is 0 Å². The van der Waals surface area contributed by atoms with Crippen LogP contribution in [0.25, 0.3) is 0 Å². The third-order valence-electron chi connectivity index (χ3n) is 5.48. The molecular weight excluding hydrogens is 360 g/mol. The highest BCUT2D eigenvalue weighted by Crippen LogP contribution is 2.49. The number of β-lactam (4-membered cyclic amide) rings is 1. The van der Waals surface area contributed by atoms with E-state index in [9.17, 15) is 19.5 Å². The van der Waals surface area contributed by atoms with Crippen LogP contribution in [0.4, 0.5) is 0 Å². The molecule has 0 spiro atoms. The van der Waals surface area contributed by atoms with Crippen molar-refractivity contribution in [1.82, 2.24) is 10.2 Å². The van der Waals surface area contributed by atoms with Crippen LogP contribution in [-0.4, -0.2) is 52.5 Å². The van der Waals surface area contributed by atoms with Crippen LogP contribution in [0.3, 0.4) is 0 Å². The monoisotopic (exact) mass is 390 g/mol. The first-order chi connectivity index (χ1) is 12.9. The number of hydrogen-bond donors (Lipinski definition) is 2. The molecule has 0 radical (unpaired) electrons. The zero-order valence-electron chi connectivity index (χ0n) is 17.6. The molecule has 2 N–H and O–H groups in total. The Labute approximate surface area is 166 Å². The van der Waals surface area contributed by atoms with E-state index in [4.69, 9.17) is 4.74 Å². The Morgan fingerprint density at radius 1 is 1.18 bits per heavy atom. The molecule has 1 unspecified atom stereocenters. The average molecular weight is 390 g/mol. The van der Waals surface area contributed by atoms with Crippen LogP contribution in [0.15, 0.2) is 24.3 Å². The molecule has 1 heterocycles. The van der Waals surface area contributed by atoms with Crippen LogP contribution in [0, 0.1) is 5.92 Å². The molecule has 28 heavy (non-hydrogen) atoms. The van der Waals surface area contributed by atoms with Gasteiger partial charge in [0.15, 0.2) is 5.60 Å². The number of likely N-dealkylation sites (tertiary alicyclic amines) is 1. The van der Waals surface area contributed by atoms with Crippen molar-refractivity contribution in [2.75, 3.05) is 7.11 Å². The number of esters is 1. The van der Waals surface area contributed by atoms with Crippen LogP contribution >= 0.6 is 0 Å². The number of hydrogen-bond acceptors (Lipinski definition) is 5. The van der Waals surface area contributed by atoms with Gasteiger partial charge in [-0.1, -0.05) is 26.0 Å². The maximum absolute atomic E-state index is 12.7. The number of carbonyl (C=O) groups excluding carboxylic acids is 3. The molecule has 7 nitrogen and oxygen atoms in total. The fraction of sp³-hybridized carbons (Fsp3) is 0.571. The predicted octanol–water partition coefficient (Wildman–Crippen LogP) is 1.83. The summed E-state index contributed by atoms with van der Waals surface area (Å²) in [6, 6.07) is 5.48. The minimum Gasteiger partial charge on any atom is -0.467 e. The number of aliphatic hydroxyl groups is 1. The molecule has 0 saturated carbocycles. The summed E-state index contributed by atoms with van der Waals surface area (Å²) in [4.78, 5) is 39.0. The van der Waals surface area contributed by atoms with Gasteiger partial charge in [-0.3, -0.25) is 9.59 Å².